The largest absolute Gasteiger partial charge is 0.449 e. The second kappa shape index (κ2) is 8.07. The Bertz CT molecular complexity index is 866. The van der Waals surface area contributed by atoms with Gasteiger partial charge >= 0.3 is 6.09 Å². The highest BCUT2D eigenvalue weighted by Gasteiger charge is 2.33. The molecule has 0 bridgehead atoms. The maximum atomic E-state index is 12.6. The molecule has 0 radical (unpaired) electrons. The van der Waals surface area contributed by atoms with Crippen molar-refractivity contribution >= 4 is 35.0 Å². The van der Waals surface area contributed by atoms with Crippen LogP contribution in [0.2, 0.25) is 10.0 Å². The Morgan fingerprint density at radius 3 is 2.70 bits per heavy atom. The molecule has 3 rings (SSSR count). The van der Waals surface area contributed by atoms with E-state index in [9.17, 15) is 4.79 Å². The maximum absolute atomic E-state index is 12.6. The predicted molar refractivity (Wildman–Crippen MR) is 107 cm³/mol. The van der Waals surface area contributed by atoms with Crippen LogP contribution in [0.1, 0.15) is 49.5 Å². The number of aryl methyl sites for hydroxylation is 2. The lowest BCUT2D eigenvalue weighted by Gasteiger charge is -2.28. The van der Waals surface area contributed by atoms with Gasteiger partial charge in [0.05, 0.1) is 22.3 Å². The van der Waals surface area contributed by atoms with Crippen LogP contribution < -0.4 is 4.90 Å². The van der Waals surface area contributed by atoms with E-state index in [-0.39, 0.29) is 12.0 Å². The van der Waals surface area contributed by atoms with Gasteiger partial charge in [0.15, 0.2) is 0 Å². The SMILES string of the molecule is CCOC(=O)N(CC)c1c(C)cc(Cl)c(Cl)c1C1Cc2nnc(CC)n2C1. The first-order valence-corrected chi connectivity index (χ1v) is 10.0. The zero-order chi connectivity index (χ0) is 19.7. The average molecular weight is 411 g/mol. The minimum Gasteiger partial charge on any atom is -0.449 e. The maximum Gasteiger partial charge on any atom is 0.414 e. The number of carbonyl (C=O) groups is 1. The molecule has 1 aromatic carbocycles. The lowest BCUT2D eigenvalue weighted by molar-refractivity contribution is 0.160. The van der Waals surface area contributed by atoms with Crippen molar-refractivity contribution in [3.05, 3.63) is 38.9 Å². The van der Waals surface area contributed by atoms with Crippen LogP contribution in [-0.4, -0.2) is 34.0 Å². The first-order chi connectivity index (χ1) is 12.9. The molecule has 27 heavy (non-hydrogen) atoms. The molecule has 1 unspecified atom stereocenters. The number of amides is 1. The van der Waals surface area contributed by atoms with E-state index in [1.54, 1.807) is 17.9 Å². The van der Waals surface area contributed by atoms with E-state index in [4.69, 9.17) is 27.9 Å². The Morgan fingerprint density at radius 1 is 1.33 bits per heavy atom. The van der Waals surface area contributed by atoms with Gasteiger partial charge < -0.3 is 9.30 Å². The van der Waals surface area contributed by atoms with E-state index in [1.165, 1.54) is 0 Å². The Balaban J connectivity index is 2.09. The fourth-order valence-electron chi connectivity index (χ4n) is 3.77. The van der Waals surface area contributed by atoms with Gasteiger partial charge in [-0.3, -0.25) is 4.90 Å². The highest BCUT2D eigenvalue weighted by atomic mass is 35.5. The second-order valence-electron chi connectivity index (χ2n) is 6.59. The van der Waals surface area contributed by atoms with Gasteiger partial charge in [-0.1, -0.05) is 30.1 Å². The molecule has 1 aliphatic heterocycles. The van der Waals surface area contributed by atoms with E-state index in [2.05, 4.69) is 21.7 Å². The third-order valence-corrected chi connectivity index (χ3v) is 5.75. The zero-order valence-electron chi connectivity index (χ0n) is 16.1. The van der Waals surface area contributed by atoms with E-state index in [1.807, 2.05) is 13.8 Å². The Labute approximate surface area is 169 Å². The molecule has 146 valence electrons. The molecule has 0 spiro atoms. The predicted octanol–water partition coefficient (Wildman–Crippen LogP) is 4.78. The van der Waals surface area contributed by atoms with Crippen molar-refractivity contribution in [3.63, 3.8) is 0 Å². The van der Waals surface area contributed by atoms with Crippen molar-refractivity contribution in [1.29, 1.82) is 0 Å². The summed E-state index contributed by atoms with van der Waals surface area (Å²) in [5.41, 5.74) is 2.56. The van der Waals surface area contributed by atoms with Crippen molar-refractivity contribution in [1.82, 2.24) is 14.8 Å². The van der Waals surface area contributed by atoms with Crippen LogP contribution in [0.5, 0.6) is 0 Å². The molecule has 1 aliphatic rings. The average Bonchev–Trinajstić information content (AvgIpc) is 3.20. The number of hydrogen-bond donors (Lipinski definition) is 0. The molecule has 0 fully saturated rings. The van der Waals surface area contributed by atoms with Gasteiger partial charge in [0.25, 0.3) is 0 Å². The normalized spacial score (nSPS) is 15.7. The van der Waals surface area contributed by atoms with Crippen LogP contribution in [0.4, 0.5) is 10.5 Å². The Kier molecular flexibility index (Phi) is 5.96. The van der Waals surface area contributed by atoms with E-state index >= 15 is 0 Å². The van der Waals surface area contributed by atoms with E-state index in [0.717, 1.165) is 41.4 Å². The number of rotatable bonds is 5. The highest BCUT2D eigenvalue weighted by Crippen LogP contribution is 2.44. The summed E-state index contributed by atoms with van der Waals surface area (Å²) in [6.07, 6.45) is 1.15. The fraction of sp³-hybridized carbons (Fsp3) is 0.526. The third kappa shape index (κ3) is 3.52. The first kappa shape index (κ1) is 20.0. The van der Waals surface area contributed by atoms with Gasteiger partial charge in [-0.05, 0) is 32.4 Å². The molecule has 1 aromatic heterocycles. The fourth-order valence-corrected chi connectivity index (χ4v) is 4.34. The molecule has 0 saturated heterocycles. The van der Waals surface area contributed by atoms with Crippen molar-refractivity contribution in [2.75, 3.05) is 18.1 Å². The third-order valence-electron chi connectivity index (χ3n) is 4.95. The summed E-state index contributed by atoms with van der Waals surface area (Å²) >= 11 is 13.1. The van der Waals surface area contributed by atoms with Gasteiger partial charge in [-0.15, -0.1) is 10.2 Å². The molecule has 0 N–H and O–H groups in total. The van der Waals surface area contributed by atoms with Gasteiger partial charge in [0.1, 0.15) is 11.6 Å². The molecular weight excluding hydrogens is 387 g/mol. The standard InChI is InChI=1S/C19H24Cl2N4O2/c1-5-14-22-23-15-9-12(10-25(14)15)16-17(21)13(20)8-11(4)18(16)24(6-2)19(26)27-7-3/h8,12H,5-7,9-10H2,1-4H3. The van der Waals surface area contributed by atoms with E-state index in [0.29, 0.717) is 29.6 Å². The monoisotopic (exact) mass is 410 g/mol. The topological polar surface area (TPSA) is 60.2 Å². The van der Waals surface area contributed by atoms with Crippen LogP contribution in [-0.2, 0) is 24.1 Å². The summed E-state index contributed by atoms with van der Waals surface area (Å²) in [6.45, 7) is 9.23. The van der Waals surface area contributed by atoms with Crippen LogP contribution in [0.25, 0.3) is 0 Å². The number of halogens is 2. The van der Waals surface area contributed by atoms with Crippen LogP contribution >= 0.6 is 23.2 Å². The van der Waals surface area contributed by atoms with Crippen molar-refractivity contribution in [3.8, 4) is 0 Å². The number of aromatic nitrogens is 3. The van der Waals surface area contributed by atoms with Gasteiger partial charge in [0, 0.05) is 37.4 Å². The summed E-state index contributed by atoms with van der Waals surface area (Å²) in [5.74, 6) is 1.97. The minimum atomic E-state index is -0.380. The summed E-state index contributed by atoms with van der Waals surface area (Å²) in [5, 5.41) is 9.53. The van der Waals surface area contributed by atoms with Gasteiger partial charge in [-0.2, -0.15) is 0 Å². The minimum absolute atomic E-state index is 0.0733. The number of nitrogens with zero attached hydrogens (tertiary/aromatic N) is 4. The van der Waals surface area contributed by atoms with Crippen molar-refractivity contribution in [2.24, 2.45) is 0 Å². The molecule has 0 aliphatic carbocycles. The number of ether oxygens (including phenoxy) is 1. The number of carbonyl (C=O) groups excluding carboxylic acids is 1. The van der Waals surface area contributed by atoms with Crippen LogP contribution in [0, 0.1) is 6.92 Å². The molecule has 2 aromatic rings. The summed E-state index contributed by atoms with van der Waals surface area (Å²) in [7, 11) is 0. The number of anilines is 1. The molecule has 1 amide bonds. The second-order valence-corrected chi connectivity index (χ2v) is 7.38. The Morgan fingerprint density at radius 2 is 2.07 bits per heavy atom. The zero-order valence-corrected chi connectivity index (χ0v) is 17.6. The quantitative estimate of drug-likeness (QED) is 0.711. The molecule has 1 atom stereocenters. The molecule has 8 heteroatoms. The summed E-state index contributed by atoms with van der Waals surface area (Å²) < 4.78 is 7.40. The van der Waals surface area contributed by atoms with Crippen LogP contribution in [0.3, 0.4) is 0 Å². The van der Waals surface area contributed by atoms with Crippen molar-refractivity contribution < 1.29 is 9.53 Å². The number of benzene rings is 1. The molecule has 0 saturated carbocycles. The number of hydrogen-bond acceptors (Lipinski definition) is 4. The molecule has 6 nitrogen and oxygen atoms in total. The van der Waals surface area contributed by atoms with Gasteiger partial charge in [0.2, 0.25) is 0 Å². The highest BCUT2D eigenvalue weighted by molar-refractivity contribution is 6.43. The van der Waals surface area contributed by atoms with E-state index < -0.39 is 0 Å². The smallest absolute Gasteiger partial charge is 0.414 e. The lowest BCUT2D eigenvalue weighted by Crippen LogP contribution is -2.33. The van der Waals surface area contributed by atoms with Crippen molar-refractivity contribution in [2.45, 2.75) is 53.0 Å². The number of fused-ring (bicyclic) bond motifs is 1. The first-order valence-electron chi connectivity index (χ1n) is 9.26. The van der Waals surface area contributed by atoms with Crippen LogP contribution in [0.15, 0.2) is 6.07 Å². The Hall–Kier alpha value is -1.79. The molecular formula is C19H24Cl2N4O2. The lowest BCUT2D eigenvalue weighted by atomic mass is 9.93. The summed E-state index contributed by atoms with van der Waals surface area (Å²) in [4.78, 5) is 14.2. The van der Waals surface area contributed by atoms with Gasteiger partial charge in [-0.25, -0.2) is 4.79 Å². The molecule has 2 heterocycles. The summed E-state index contributed by atoms with van der Waals surface area (Å²) in [6, 6.07) is 1.80.